The van der Waals surface area contributed by atoms with Gasteiger partial charge in [0.15, 0.2) is 11.7 Å². The topological polar surface area (TPSA) is 62.5 Å². The summed E-state index contributed by atoms with van der Waals surface area (Å²) in [6.07, 6.45) is 6.46. The second-order valence-corrected chi connectivity index (χ2v) is 5.78. The highest BCUT2D eigenvalue weighted by Gasteiger charge is 2.15. The number of guanidine groups is 1. The monoisotopic (exact) mass is 278 g/mol. The van der Waals surface area contributed by atoms with E-state index >= 15 is 0 Å². The maximum atomic E-state index is 5.32. The van der Waals surface area contributed by atoms with E-state index in [-0.39, 0.29) is 0 Å². The van der Waals surface area contributed by atoms with E-state index in [0.29, 0.717) is 18.5 Å². The van der Waals surface area contributed by atoms with Crippen molar-refractivity contribution < 1.29 is 4.52 Å². The zero-order chi connectivity index (χ0) is 14.4. The van der Waals surface area contributed by atoms with Crippen molar-refractivity contribution in [3.8, 4) is 0 Å². The molecule has 0 amide bonds. The lowest BCUT2D eigenvalue weighted by Crippen LogP contribution is -2.43. The van der Waals surface area contributed by atoms with Crippen LogP contribution < -0.4 is 10.6 Å². The molecule has 0 radical (unpaired) electrons. The Morgan fingerprint density at radius 3 is 2.75 bits per heavy atom. The van der Waals surface area contributed by atoms with Gasteiger partial charge in [0.25, 0.3) is 0 Å². The Morgan fingerprint density at radius 1 is 1.40 bits per heavy atom. The SMILES string of the molecule is CN=C(NCc1cc(C(C)C)no1)NC1CCCCC1. The fourth-order valence-corrected chi connectivity index (χ4v) is 2.49. The zero-order valence-corrected chi connectivity index (χ0v) is 12.8. The molecule has 1 heterocycles. The van der Waals surface area contributed by atoms with E-state index < -0.39 is 0 Å². The van der Waals surface area contributed by atoms with Gasteiger partial charge in [-0.1, -0.05) is 38.3 Å². The number of hydrogen-bond acceptors (Lipinski definition) is 3. The molecule has 112 valence electrons. The van der Waals surface area contributed by atoms with Gasteiger partial charge in [-0.05, 0) is 18.8 Å². The molecular weight excluding hydrogens is 252 g/mol. The normalized spacial score (nSPS) is 17.5. The number of rotatable bonds is 4. The van der Waals surface area contributed by atoms with Crippen LogP contribution in [0.15, 0.2) is 15.6 Å². The maximum Gasteiger partial charge on any atom is 0.191 e. The van der Waals surface area contributed by atoms with Crippen LogP contribution in [0.1, 0.15) is 63.3 Å². The number of aromatic nitrogens is 1. The number of nitrogens with one attached hydrogen (secondary N) is 2. The third-order valence-electron chi connectivity index (χ3n) is 3.77. The number of aliphatic imine (C=N–C) groups is 1. The molecule has 20 heavy (non-hydrogen) atoms. The van der Waals surface area contributed by atoms with Gasteiger partial charge in [0, 0.05) is 19.2 Å². The second-order valence-electron chi connectivity index (χ2n) is 5.78. The summed E-state index contributed by atoms with van der Waals surface area (Å²) in [5.74, 6) is 2.09. The Bertz CT molecular complexity index is 433. The number of hydrogen-bond donors (Lipinski definition) is 2. The minimum atomic E-state index is 0.396. The molecule has 5 heteroatoms. The van der Waals surface area contributed by atoms with Crippen molar-refractivity contribution in [2.45, 2.75) is 64.5 Å². The summed E-state index contributed by atoms with van der Waals surface area (Å²) < 4.78 is 5.32. The van der Waals surface area contributed by atoms with E-state index in [4.69, 9.17) is 4.52 Å². The molecule has 0 unspecified atom stereocenters. The highest BCUT2D eigenvalue weighted by molar-refractivity contribution is 5.79. The lowest BCUT2D eigenvalue weighted by molar-refractivity contribution is 0.370. The minimum absolute atomic E-state index is 0.396. The van der Waals surface area contributed by atoms with Crippen LogP contribution >= 0.6 is 0 Å². The van der Waals surface area contributed by atoms with Crippen molar-refractivity contribution in [1.29, 1.82) is 0 Å². The van der Waals surface area contributed by atoms with Crippen LogP contribution in [0.3, 0.4) is 0 Å². The van der Waals surface area contributed by atoms with Gasteiger partial charge in [0.2, 0.25) is 0 Å². The van der Waals surface area contributed by atoms with Crippen LogP contribution in [-0.2, 0) is 6.54 Å². The lowest BCUT2D eigenvalue weighted by Gasteiger charge is -2.24. The molecular formula is C15H26N4O. The van der Waals surface area contributed by atoms with Crippen molar-refractivity contribution in [3.63, 3.8) is 0 Å². The van der Waals surface area contributed by atoms with Gasteiger partial charge < -0.3 is 15.2 Å². The third kappa shape index (κ3) is 4.25. The van der Waals surface area contributed by atoms with E-state index in [9.17, 15) is 0 Å². The largest absolute Gasteiger partial charge is 0.359 e. The van der Waals surface area contributed by atoms with Gasteiger partial charge in [-0.15, -0.1) is 0 Å². The molecule has 0 atom stereocenters. The van der Waals surface area contributed by atoms with Gasteiger partial charge in [-0.2, -0.15) is 0 Å². The van der Waals surface area contributed by atoms with Crippen LogP contribution in [0.2, 0.25) is 0 Å². The average molecular weight is 278 g/mol. The van der Waals surface area contributed by atoms with Crippen molar-refractivity contribution in [3.05, 3.63) is 17.5 Å². The first-order valence-corrected chi connectivity index (χ1v) is 7.61. The van der Waals surface area contributed by atoms with Gasteiger partial charge >= 0.3 is 0 Å². The predicted molar refractivity (Wildman–Crippen MR) is 80.8 cm³/mol. The van der Waals surface area contributed by atoms with Crippen LogP contribution in [0, 0.1) is 0 Å². The zero-order valence-electron chi connectivity index (χ0n) is 12.8. The van der Waals surface area contributed by atoms with E-state index in [2.05, 4.69) is 34.6 Å². The lowest BCUT2D eigenvalue weighted by atomic mass is 9.96. The summed E-state index contributed by atoms with van der Waals surface area (Å²) in [6.45, 7) is 4.84. The van der Waals surface area contributed by atoms with Crippen LogP contribution in [0.25, 0.3) is 0 Å². The summed E-state index contributed by atoms with van der Waals surface area (Å²) in [6, 6.07) is 2.56. The molecule has 1 aromatic heterocycles. The minimum Gasteiger partial charge on any atom is -0.359 e. The summed E-state index contributed by atoms with van der Waals surface area (Å²) in [4.78, 5) is 4.27. The Kier molecular flexibility index (Phi) is 5.44. The van der Waals surface area contributed by atoms with Gasteiger partial charge in [-0.25, -0.2) is 0 Å². The fraction of sp³-hybridized carbons (Fsp3) is 0.733. The molecule has 0 aromatic carbocycles. The standard InChI is InChI=1S/C15H26N4O/c1-11(2)14-9-13(20-19-14)10-17-15(16-3)18-12-7-5-4-6-8-12/h9,11-12H,4-8,10H2,1-3H3,(H2,16,17,18). The maximum absolute atomic E-state index is 5.32. The van der Waals surface area contributed by atoms with Crippen molar-refractivity contribution in [2.24, 2.45) is 4.99 Å². The Morgan fingerprint density at radius 2 is 2.15 bits per heavy atom. The molecule has 1 saturated carbocycles. The molecule has 0 spiro atoms. The van der Waals surface area contributed by atoms with Gasteiger partial charge in [0.1, 0.15) is 0 Å². The molecule has 2 N–H and O–H groups in total. The van der Waals surface area contributed by atoms with E-state index in [1.54, 1.807) is 7.05 Å². The summed E-state index contributed by atoms with van der Waals surface area (Å²) in [7, 11) is 1.80. The fourth-order valence-electron chi connectivity index (χ4n) is 2.49. The van der Waals surface area contributed by atoms with Crippen molar-refractivity contribution >= 4 is 5.96 Å². The average Bonchev–Trinajstić information content (AvgIpc) is 2.93. The molecule has 0 bridgehead atoms. The molecule has 0 aliphatic heterocycles. The molecule has 1 fully saturated rings. The van der Waals surface area contributed by atoms with Gasteiger partial charge in [-0.3, -0.25) is 4.99 Å². The van der Waals surface area contributed by atoms with Gasteiger partial charge in [0.05, 0.1) is 12.2 Å². The highest BCUT2D eigenvalue weighted by Crippen LogP contribution is 2.17. The summed E-state index contributed by atoms with van der Waals surface area (Å²) >= 11 is 0. The highest BCUT2D eigenvalue weighted by atomic mass is 16.5. The quantitative estimate of drug-likeness (QED) is 0.656. The van der Waals surface area contributed by atoms with Crippen LogP contribution in [0.5, 0.6) is 0 Å². The first-order chi connectivity index (χ1) is 9.69. The number of nitrogens with zero attached hydrogens (tertiary/aromatic N) is 2. The molecule has 0 saturated heterocycles. The first kappa shape index (κ1) is 14.9. The predicted octanol–water partition coefficient (Wildman–Crippen LogP) is 2.80. The second kappa shape index (κ2) is 7.31. The van der Waals surface area contributed by atoms with Crippen LogP contribution in [-0.4, -0.2) is 24.2 Å². The van der Waals surface area contributed by atoms with Crippen molar-refractivity contribution in [2.75, 3.05) is 7.05 Å². The third-order valence-corrected chi connectivity index (χ3v) is 3.77. The molecule has 1 aromatic rings. The Labute approximate surface area is 121 Å². The summed E-state index contributed by atoms with van der Waals surface area (Å²) in [5.41, 5.74) is 0.997. The molecule has 1 aliphatic carbocycles. The molecule has 5 nitrogen and oxygen atoms in total. The van der Waals surface area contributed by atoms with Crippen LogP contribution in [0.4, 0.5) is 0 Å². The smallest absolute Gasteiger partial charge is 0.191 e. The van der Waals surface area contributed by atoms with E-state index in [1.165, 1.54) is 32.1 Å². The molecule has 2 rings (SSSR count). The van der Waals surface area contributed by atoms with E-state index in [1.807, 2.05) is 6.07 Å². The Balaban J connectivity index is 1.80. The van der Waals surface area contributed by atoms with E-state index in [0.717, 1.165) is 17.4 Å². The van der Waals surface area contributed by atoms with Crippen molar-refractivity contribution in [1.82, 2.24) is 15.8 Å². The first-order valence-electron chi connectivity index (χ1n) is 7.61. The summed E-state index contributed by atoms with van der Waals surface area (Å²) in [5, 5.41) is 10.8. The Hall–Kier alpha value is -1.52. The molecule has 1 aliphatic rings.